The fraction of sp³-hybridized carbons (Fsp3) is 0.267. The van der Waals surface area contributed by atoms with Crippen molar-refractivity contribution in [3.8, 4) is 0 Å². The van der Waals surface area contributed by atoms with Crippen LogP contribution in [0.3, 0.4) is 0 Å². The average molecular weight is 285 g/mol. The van der Waals surface area contributed by atoms with E-state index in [-0.39, 0.29) is 5.69 Å². The summed E-state index contributed by atoms with van der Waals surface area (Å²) in [4.78, 5) is 10.2. The van der Waals surface area contributed by atoms with E-state index >= 15 is 0 Å². The van der Waals surface area contributed by atoms with Crippen LogP contribution in [0.5, 0.6) is 0 Å². The number of hydrogen-bond donors (Lipinski definition) is 1. The highest BCUT2D eigenvalue weighted by atomic mass is 16.6. The Morgan fingerprint density at radius 2 is 2.24 bits per heavy atom. The first-order valence-electron chi connectivity index (χ1n) is 6.77. The van der Waals surface area contributed by atoms with E-state index in [2.05, 4.69) is 17.5 Å². The first-order valence-corrected chi connectivity index (χ1v) is 6.77. The number of furan rings is 1. The lowest BCUT2D eigenvalue weighted by atomic mass is 10.3. The van der Waals surface area contributed by atoms with E-state index in [1.165, 1.54) is 18.6 Å². The van der Waals surface area contributed by atoms with E-state index in [1.54, 1.807) is 18.3 Å². The predicted octanol–water partition coefficient (Wildman–Crippen LogP) is 3.76. The van der Waals surface area contributed by atoms with Gasteiger partial charge in [0.1, 0.15) is 11.5 Å². The van der Waals surface area contributed by atoms with E-state index in [9.17, 15) is 10.1 Å². The largest absolute Gasteiger partial charge is 0.460 e. The van der Waals surface area contributed by atoms with Gasteiger partial charge in [0.05, 0.1) is 16.8 Å². The van der Waals surface area contributed by atoms with Crippen LogP contribution in [0.25, 0.3) is 0 Å². The van der Waals surface area contributed by atoms with Gasteiger partial charge in [0.15, 0.2) is 0 Å². The van der Waals surface area contributed by atoms with E-state index in [0.29, 0.717) is 23.3 Å². The van der Waals surface area contributed by atoms with Crippen LogP contribution in [0.2, 0.25) is 0 Å². The van der Waals surface area contributed by atoms with Crippen molar-refractivity contribution in [2.24, 2.45) is 11.0 Å². The number of non-ortho nitro benzene ring substituents is 1. The molecule has 0 radical (unpaired) electrons. The average Bonchev–Trinajstić information content (AvgIpc) is 3.01. The van der Waals surface area contributed by atoms with Crippen LogP contribution in [-0.4, -0.2) is 11.1 Å². The summed E-state index contributed by atoms with van der Waals surface area (Å²) in [6.07, 6.45) is 2.74. The normalized spacial score (nSPS) is 20.6. The first kappa shape index (κ1) is 13.4. The summed E-state index contributed by atoms with van der Waals surface area (Å²) in [5.41, 5.74) is 3.34. The van der Waals surface area contributed by atoms with Gasteiger partial charge in [-0.25, -0.2) is 0 Å². The highest BCUT2D eigenvalue weighted by molar-refractivity contribution is 5.76. The fourth-order valence-electron chi connectivity index (χ4n) is 2.22. The lowest BCUT2D eigenvalue weighted by molar-refractivity contribution is -0.384. The Labute approximate surface area is 121 Å². The molecule has 0 bridgehead atoms. The molecule has 108 valence electrons. The molecule has 1 fully saturated rings. The van der Waals surface area contributed by atoms with Gasteiger partial charge in [0.2, 0.25) is 0 Å². The molecule has 3 rings (SSSR count). The minimum Gasteiger partial charge on any atom is -0.460 e. The number of benzene rings is 1. The van der Waals surface area contributed by atoms with Gasteiger partial charge in [-0.15, -0.1) is 0 Å². The molecule has 21 heavy (non-hydrogen) atoms. The SMILES string of the molecule is C[C@@H]1C[C@@H]1c1ccc(/C=N\Nc2cccc([N+](=O)[O-])c2)o1. The Hall–Kier alpha value is -2.63. The summed E-state index contributed by atoms with van der Waals surface area (Å²) in [6, 6.07) is 10.0. The topological polar surface area (TPSA) is 80.7 Å². The van der Waals surface area contributed by atoms with Gasteiger partial charge < -0.3 is 4.42 Å². The van der Waals surface area contributed by atoms with Gasteiger partial charge in [0.25, 0.3) is 5.69 Å². The molecule has 1 aromatic heterocycles. The van der Waals surface area contributed by atoms with Crippen molar-refractivity contribution < 1.29 is 9.34 Å². The third kappa shape index (κ3) is 3.10. The molecular weight excluding hydrogens is 270 g/mol. The smallest absolute Gasteiger partial charge is 0.271 e. The van der Waals surface area contributed by atoms with Crippen molar-refractivity contribution in [2.45, 2.75) is 19.3 Å². The summed E-state index contributed by atoms with van der Waals surface area (Å²) >= 11 is 0. The summed E-state index contributed by atoms with van der Waals surface area (Å²) in [5.74, 6) is 2.90. The summed E-state index contributed by atoms with van der Waals surface area (Å²) < 4.78 is 5.68. The van der Waals surface area contributed by atoms with Gasteiger partial charge in [-0.1, -0.05) is 13.0 Å². The lowest BCUT2D eigenvalue weighted by Crippen LogP contribution is -1.92. The van der Waals surface area contributed by atoms with E-state index in [1.807, 2.05) is 12.1 Å². The van der Waals surface area contributed by atoms with Crippen LogP contribution in [-0.2, 0) is 0 Å². The van der Waals surface area contributed by atoms with Crippen molar-refractivity contribution in [1.29, 1.82) is 0 Å². The minimum absolute atomic E-state index is 0.0261. The van der Waals surface area contributed by atoms with E-state index < -0.39 is 4.92 Å². The van der Waals surface area contributed by atoms with Crippen LogP contribution in [0, 0.1) is 16.0 Å². The lowest BCUT2D eigenvalue weighted by Gasteiger charge is -1.98. The molecule has 0 amide bonds. The molecule has 0 spiro atoms. The van der Waals surface area contributed by atoms with Crippen LogP contribution < -0.4 is 5.43 Å². The summed E-state index contributed by atoms with van der Waals surface area (Å²) in [6.45, 7) is 2.20. The Bertz CT molecular complexity index is 693. The second kappa shape index (κ2) is 5.40. The van der Waals surface area contributed by atoms with Crippen LogP contribution >= 0.6 is 0 Å². The molecule has 2 atom stereocenters. The Kier molecular flexibility index (Phi) is 3.43. The second-order valence-electron chi connectivity index (χ2n) is 5.24. The third-order valence-corrected chi connectivity index (χ3v) is 3.56. The standard InChI is InChI=1S/C15H15N3O3/c1-10-7-14(10)15-6-5-13(21-15)9-16-17-11-3-2-4-12(8-11)18(19)20/h2-6,8-10,14,17H,7H2,1H3/b16-9-/t10-,14+/m1/s1. The second-order valence-corrected chi connectivity index (χ2v) is 5.24. The molecule has 0 unspecified atom stereocenters. The molecule has 1 saturated carbocycles. The fourth-order valence-corrected chi connectivity index (χ4v) is 2.22. The van der Waals surface area contributed by atoms with E-state index in [4.69, 9.17) is 4.42 Å². The maximum Gasteiger partial charge on any atom is 0.271 e. The van der Waals surface area contributed by atoms with Crippen LogP contribution in [0.4, 0.5) is 11.4 Å². The Balaban J connectivity index is 1.63. The zero-order valence-corrected chi connectivity index (χ0v) is 11.5. The van der Waals surface area contributed by atoms with Gasteiger partial charge in [-0.05, 0) is 30.5 Å². The number of nitrogens with zero attached hydrogens (tertiary/aromatic N) is 2. The predicted molar refractivity (Wildman–Crippen MR) is 79.5 cm³/mol. The Morgan fingerprint density at radius 1 is 1.43 bits per heavy atom. The summed E-state index contributed by atoms with van der Waals surface area (Å²) in [5, 5.41) is 14.7. The van der Waals surface area contributed by atoms with Crippen LogP contribution in [0.1, 0.15) is 30.8 Å². The zero-order valence-electron chi connectivity index (χ0n) is 11.5. The minimum atomic E-state index is -0.440. The molecule has 2 aromatic rings. The van der Waals surface area contributed by atoms with Crippen LogP contribution in [0.15, 0.2) is 45.9 Å². The number of rotatable bonds is 5. The van der Waals surface area contributed by atoms with Crippen molar-refractivity contribution in [3.05, 3.63) is 58.0 Å². The molecule has 1 aliphatic carbocycles. The highest BCUT2D eigenvalue weighted by Gasteiger charge is 2.36. The quantitative estimate of drug-likeness (QED) is 0.515. The molecule has 1 heterocycles. The van der Waals surface area contributed by atoms with Gasteiger partial charge in [-0.3, -0.25) is 15.5 Å². The molecule has 0 saturated heterocycles. The van der Waals surface area contributed by atoms with E-state index in [0.717, 1.165) is 5.76 Å². The number of hydrazone groups is 1. The Morgan fingerprint density at radius 3 is 2.95 bits per heavy atom. The zero-order chi connectivity index (χ0) is 14.8. The maximum absolute atomic E-state index is 10.7. The van der Waals surface area contributed by atoms with Gasteiger partial charge in [0, 0.05) is 18.1 Å². The number of nitro benzene ring substituents is 1. The number of anilines is 1. The first-order chi connectivity index (χ1) is 10.1. The molecular formula is C15H15N3O3. The molecule has 1 aromatic carbocycles. The third-order valence-electron chi connectivity index (χ3n) is 3.56. The van der Waals surface area contributed by atoms with Crippen molar-refractivity contribution >= 4 is 17.6 Å². The summed E-state index contributed by atoms with van der Waals surface area (Å²) in [7, 11) is 0. The molecule has 0 aliphatic heterocycles. The number of hydrogen-bond acceptors (Lipinski definition) is 5. The number of nitro groups is 1. The van der Waals surface area contributed by atoms with Gasteiger partial charge in [-0.2, -0.15) is 5.10 Å². The molecule has 1 aliphatic rings. The van der Waals surface area contributed by atoms with Crippen molar-refractivity contribution in [1.82, 2.24) is 0 Å². The molecule has 1 N–H and O–H groups in total. The highest BCUT2D eigenvalue weighted by Crippen LogP contribution is 2.47. The number of nitrogens with one attached hydrogen (secondary N) is 1. The van der Waals surface area contributed by atoms with Crippen molar-refractivity contribution in [3.63, 3.8) is 0 Å². The monoisotopic (exact) mass is 285 g/mol. The van der Waals surface area contributed by atoms with Crippen molar-refractivity contribution in [2.75, 3.05) is 5.43 Å². The molecule has 6 nitrogen and oxygen atoms in total. The molecule has 6 heteroatoms. The van der Waals surface area contributed by atoms with Gasteiger partial charge >= 0.3 is 0 Å². The maximum atomic E-state index is 10.7.